The lowest BCUT2D eigenvalue weighted by Crippen LogP contribution is -1.97. The summed E-state index contributed by atoms with van der Waals surface area (Å²) in [6.45, 7) is 0. The number of hydrogen-bond acceptors (Lipinski definition) is 4. The van der Waals surface area contributed by atoms with Crippen molar-refractivity contribution in [2.75, 3.05) is 5.32 Å². The van der Waals surface area contributed by atoms with Crippen molar-refractivity contribution in [2.24, 2.45) is 0 Å². The summed E-state index contributed by atoms with van der Waals surface area (Å²) in [7, 11) is 0. The molecular formula is C19H12F2N4. The molecule has 6 heteroatoms. The van der Waals surface area contributed by atoms with Crippen LogP contribution in [-0.2, 0) is 0 Å². The van der Waals surface area contributed by atoms with Crippen LogP contribution in [0.25, 0.3) is 22.0 Å². The highest BCUT2D eigenvalue weighted by molar-refractivity contribution is 5.94. The maximum atomic E-state index is 14.0. The zero-order valence-corrected chi connectivity index (χ0v) is 12.9. The first kappa shape index (κ1) is 15.1. The highest BCUT2D eigenvalue weighted by atomic mass is 19.1. The lowest BCUT2D eigenvalue weighted by atomic mass is 10.1. The molecule has 2 aromatic heterocycles. The van der Waals surface area contributed by atoms with Crippen LogP contribution in [0, 0.1) is 11.6 Å². The van der Waals surface area contributed by atoms with Gasteiger partial charge in [0.1, 0.15) is 23.8 Å². The zero-order valence-electron chi connectivity index (χ0n) is 12.9. The van der Waals surface area contributed by atoms with E-state index in [2.05, 4.69) is 20.3 Å². The summed E-state index contributed by atoms with van der Waals surface area (Å²) in [6.07, 6.45) is 4.80. The second-order valence-corrected chi connectivity index (χ2v) is 5.44. The highest BCUT2D eigenvalue weighted by Crippen LogP contribution is 2.27. The molecule has 2 heterocycles. The molecule has 0 saturated heterocycles. The molecular weight excluding hydrogens is 322 g/mol. The Labute approximate surface area is 142 Å². The van der Waals surface area contributed by atoms with E-state index in [0.29, 0.717) is 11.5 Å². The molecule has 4 aromatic rings. The van der Waals surface area contributed by atoms with Crippen LogP contribution in [-0.4, -0.2) is 15.0 Å². The molecule has 4 rings (SSSR count). The molecule has 25 heavy (non-hydrogen) atoms. The van der Waals surface area contributed by atoms with E-state index in [9.17, 15) is 8.78 Å². The van der Waals surface area contributed by atoms with E-state index in [1.807, 2.05) is 24.3 Å². The van der Waals surface area contributed by atoms with Gasteiger partial charge in [-0.3, -0.25) is 4.98 Å². The lowest BCUT2D eigenvalue weighted by Gasteiger charge is -2.10. The summed E-state index contributed by atoms with van der Waals surface area (Å²) in [5, 5.41) is 5.16. The number of hydrogen-bond donors (Lipinski definition) is 1. The van der Waals surface area contributed by atoms with Crippen LogP contribution in [0.3, 0.4) is 0 Å². The standard InChI is InChI=1S/C19H12F2N4/c20-13-4-5-16(21)15(8-13)18-9-19(24-11-23-18)25-17-3-1-2-12-10-22-7-6-14(12)17/h1-11H,(H,23,24,25). The Bertz CT molecular complexity index is 1060. The molecule has 0 aliphatic rings. The Balaban J connectivity index is 1.74. The molecule has 0 bridgehead atoms. The SMILES string of the molecule is Fc1ccc(F)c(-c2cc(Nc3cccc4cnccc34)ncn2)c1. The molecule has 2 aromatic carbocycles. The Morgan fingerprint density at radius 3 is 2.76 bits per heavy atom. The number of aromatic nitrogens is 3. The third kappa shape index (κ3) is 3.01. The van der Waals surface area contributed by atoms with Crippen LogP contribution >= 0.6 is 0 Å². The van der Waals surface area contributed by atoms with Gasteiger partial charge in [0.05, 0.1) is 5.69 Å². The largest absolute Gasteiger partial charge is 0.340 e. The van der Waals surface area contributed by atoms with Crippen molar-refractivity contribution in [3.8, 4) is 11.3 Å². The molecule has 0 aliphatic carbocycles. The molecule has 4 nitrogen and oxygen atoms in total. The average Bonchev–Trinajstić information content (AvgIpc) is 2.64. The zero-order chi connectivity index (χ0) is 17.2. The van der Waals surface area contributed by atoms with Gasteiger partial charge in [-0.25, -0.2) is 18.7 Å². The molecule has 0 spiro atoms. The molecule has 0 atom stereocenters. The third-order valence-corrected chi connectivity index (χ3v) is 3.81. The molecule has 1 N–H and O–H groups in total. The van der Waals surface area contributed by atoms with Crippen molar-refractivity contribution in [3.63, 3.8) is 0 Å². The molecule has 122 valence electrons. The smallest absolute Gasteiger partial charge is 0.134 e. The molecule has 0 radical (unpaired) electrons. The van der Waals surface area contributed by atoms with Gasteiger partial charge in [-0.15, -0.1) is 0 Å². The monoisotopic (exact) mass is 334 g/mol. The van der Waals surface area contributed by atoms with E-state index < -0.39 is 11.6 Å². The van der Waals surface area contributed by atoms with Gasteiger partial charge >= 0.3 is 0 Å². The molecule has 0 fully saturated rings. The van der Waals surface area contributed by atoms with Crippen molar-refractivity contribution in [1.29, 1.82) is 0 Å². The number of nitrogens with zero attached hydrogens (tertiary/aromatic N) is 3. The summed E-state index contributed by atoms with van der Waals surface area (Å²) in [4.78, 5) is 12.3. The first-order chi connectivity index (χ1) is 12.2. The fraction of sp³-hybridized carbons (Fsp3) is 0. The van der Waals surface area contributed by atoms with Gasteiger partial charge in [0.25, 0.3) is 0 Å². The third-order valence-electron chi connectivity index (χ3n) is 3.81. The predicted molar refractivity (Wildman–Crippen MR) is 92.4 cm³/mol. The number of halogens is 2. The van der Waals surface area contributed by atoms with Gasteiger partial charge in [0, 0.05) is 40.5 Å². The van der Waals surface area contributed by atoms with Gasteiger partial charge in [0.2, 0.25) is 0 Å². The quantitative estimate of drug-likeness (QED) is 0.589. The summed E-state index contributed by atoms with van der Waals surface area (Å²) in [5.41, 5.74) is 1.23. The van der Waals surface area contributed by atoms with E-state index in [1.165, 1.54) is 6.33 Å². The molecule has 0 unspecified atom stereocenters. The van der Waals surface area contributed by atoms with Crippen molar-refractivity contribution in [3.05, 3.63) is 78.9 Å². The Kier molecular flexibility index (Phi) is 3.78. The lowest BCUT2D eigenvalue weighted by molar-refractivity contribution is 0.602. The van der Waals surface area contributed by atoms with Gasteiger partial charge in [-0.1, -0.05) is 12.1 Å². The first-order valence-corrected chi connectivity index (χ1v) is 7.58. The minimum Gasteiger partial charge on any atom is -0.340 e. The van der Waals surface area contributed by atoms with Crippen LogP contribution in [0.5, 0.6) is 0 Å². The van der Waals surface area contributed by atoms with Crippen molar-refractivity contribution in [2.45, 2.75) is 0 Å². The Hall–Kier alpha value is -3.41. The summed E-state index contributed by atoms with van der Waals surface area (Å²) < 4.78 is 27.4. The van der Waals surface area contributed by atoms with E-state index >= 15 is 0 Å². The van der Waals surface area contributed by atoms with Crippen LogP contribution in [0.1, 0.15) is 0 Å². The van der Waals surface area contributed by atoms with Gasteiger partial charge in [-0.2, -0.15) is 0 Å². The van der Waals surface area contributed by atoms with E-state index in [0.717, 1.165) is 34.7 Å². The van der Waals surface area contributed by atoms with Crippen LogP contribution < -0.4 is 5.32 Å². The highest BCUT2D eigenvalue weighted by Gasteiger charge is 2.10. The Morgan fingerprint density at radius 1 is 0.920 bits per heavy atom. The topological polar surface area (TPSA) is 50.7 Å². The second kappa shape index (κ2) is 6.24. The van der Waals surface area contributed by atoms with Crippen LogP contribution in [0.15, 0.2) is 67.3 Å². The van der Waals surface area contributed by atoms with Gasteiger partial charge in [0.15, 0.2) is 0 Å². The maximum absolute atomic E-state index is 14.0. The first-order valence-electron chi connectivity index (χ1n) is 7.58. The molecule has 0 amide bonds. The number of benzene rings is 2. The fourth-order valence-electron chi connectivity index (χ4n) is 2.64. The van der Waals surface area contributed by atoms with E-state index in [1.54, 1.807) is 18.5 Å². The van der Waals surface area contributed by atoms with E-state index in [4.69, 9.17) is 0 Å². The predicted octanol–water partition coefficient (Wildman–Crippen LogP) is 4.71. The minimum atomic E-state index is -0.540. The summed E-state index contributed by atoms with van der Waals surface area (Å²) >= 11 is 0. The maximum Gasteiger partial charge on any atom is 0.134 e. The average molecular weight is 334 g/mol. The number of nitrogens with one attached hydrogen (secondary N) is 1. The van der Waals surface area contributed by atoms with Crippen molar-refractivity contribution >= 4 is 22.3 Å². The number of anilines is 2. The summed E-state index contributed by atoms with van der Waals surface area (Å²) in [6, 6.07) is 12.5. The van der Waals surface area contributed by atoms with Gasteiger partial charge in [-0.05, 0) is 30.3 Å². The van der Waals surface area contributed by atoms with Gasteiger partial charge < -0.3 is 5.32 Å². The minimum absolute atomic E-state index is 0.0903. The fourth-order valence-corrected chi connectivity index (χ4v) is 2.64. The molecule has 0 saturated carbocycles. The second-order valence-electron chi connectivity index (χ2n) is 5.44. The number of pyridine rings is 1. The molecule has 0 aliphatic heterocycles. The number of fused-ring (bicyclic) bond motifs is 1. The Morgan fingerprint density at radius 2 is 1.84 bits per heavy atom. The van der Waals surface area contributed by atoms with Crippen LogP contribution in [0.4, 0.5) is 20.3 Å². The normalized spacial score (nSPS) is 10.8. The van der Waals surface area contributed by atoms with Crippen molar-refractivity contribution in [1.82, 2.24) is 15.0 Å². The van der Waals surface area contributed by atoms with Crippen molar-refractivity contribution < 1.29 is 8.78 Å². The van der Waals surface area contributed by atoms with Crippen LogP contribution in [0.2, 0.25) is 0 Å². The number of rotatable bonds is 3. The van der Waals surface area contributed by atoms with E-state index in [-0.39, 0.29) is 5.56 Å². The summed E-state index contributed by atoms with van der Waals surface area (Å²) in [5.74, 6) is -0.577.